The van der Waals surface area contributed by atoms with Crippen molar-refractivity contribution in [2.75, 3.05) is 13.7 Å². The maximum atomic E-state index is 15.0. The number of hydrogen-bond acceptors (Lipinski definition) is 4. The number of nitrogens with zero attached hydrogens (tertiary/aromatic N) is 1. The number of amidine groups is 1. The highest BCUT2D eigenvalue weighted by Crippen LogP contribution is 2.39. The van der Waals surface area contributed by atoms with Gasteiger partial charge in [-0.25, -0.2) is 4.39 Å². The van der Waals surface area contributed by atoms with Crippen LogP contribution in [0.2, 0.25) is 0 Å². The first kappa shape index (κ1) is 22.0. The maximum Gasteiger partial charge on any atom is 0.419 e. The lowest BCUT2D eigenvalue weighted by Crippen LogP contribution is -2.40. The zero-order valence-corrected chi connectivity index (χ0v) is 18.4. The minimum absolute atomic E-state index is 0.0918. The molecule has 1 heterocycles. The molecule has 0 radical (unpaired) electrons. The van der Waals surface area contributed by atoms with E-state index in [-0.39, 0.29) is 16.2 Å². The summed E-state index contributed by atoms with van der Waals surface area (Å²) >= 11 is 4.35. The molecule has 0 saturated carbocycles. The Morgan fingerprint density at radius 1 is 1.24 bits per heavy atom. The minimum atomic E-state index is -4.78. The van der Waals surface area contributed by atoms with Gasteiger partial charge in [-0.1, -0.05) is 15.9 Å². The van der Waals surface area contributed by atoms with Gasteiger partial charge in [0.15, 0.2) is 0 Å². The number of hydrogen-bond donors (Lipinski definition) is 1. The topological polar surface area (TPSA) is 33.6 Å². The number of ether oxygens (including phenoxy) is 1. The van der Waals surface area contributed by atoms with E-state index in [1.807, 2.05) is 13.8 Å². The molecule has 0 aliphatic carbocycles. The van der Waals surface area contributed by atoms with Crippen molar-refractivity contribution < 1.29 is 22.3 Å². The molecule has 2 aromatic carbocycles. The molecular weight excluding hydrogens is 472 g/mol. The van der Waals surface area contributed by atoms with E-state index in [1.54, 1.807) is 18.2 Å². The Balaban J connectivity index is 2.02. The van der Waals surface area contributed by atoms with Gasteiger partial charge in [-0.2, -0.15) is 13.2 Å². The minimum Gasteiger partial charge on any atom is -0.496 e. The predicted octanol–water partition coefficient (Wildman–Crippen LogP) is 6.04. The van der Waals surface area contributed by atoms with Crippen molar-refractivity contribution in [1.82, 2.24) is 5.32 Å². The highest BCUT2D eigenvalue weighted by Gasteiger charge is 2.37. The molecule has 0 fully saturated rings. The van der Waals surface area contributed by atoms with Crippen LogP contribution in [0.5, 0.6) is 5.75 Å². The van der Waals surface area contributed by atoms with Gasteiger partial charge in [-0.15, -0.1) is 11.8 Å². The third-order valence-corrected chi connectivity index (χ3v) is 6.00. The average molecular weight is 491 g/mol. The second-order valence-corrected chi connectivity index (χ2v) is 9.12. The van der Waals surface area contributed by atoms with Gasteiger partial charge in [0.25, 0.3) is 0 Å². The molecule has 1 N–H and O–H groups in total. The van der Waals surface area contributed by atoms with Gasteiger partial charge in [0.05, 0.1) is 29.7 Å². The summed E-state index contributed by atoms with van der Waals surface area (Å²) in [5, 5.41) is 3.16. The number of nitrogens with one attached hydrogen (secondary N) is 1. The van der Waals surface area contributed by atoms with Gasteiger partial charge in [-0.3, -0.25) is 4.99 Å². The summed E-state index contributed by atoms with van der Waals surface area (Å²) < 4.78 is 60.9. The van der Waals surface area contributed by atoms with Crippen molar-refractivity contribution in [1.29, 1.82) is 0 Å². The zero-order chi connectivity index (χ0) is 21.4. The molecule has 0 atom stereocenters. The third-order valence-electron chi connectivity index (χ3n) is 4.36. The van der Waals surface area contributed by atoms with Gasteiger partial charge < -0.3 is 10.1 Å². The van der Waals surface area contributed by atoms with E-state index in [0.717, 1.165) is 27.9 Å². The van der Waals surface area contributed by atoms with Crippen LogP contribution in [0.25, 0.3) is 0 Å². The average Bonchev–Trinajstić information content (AvgIpc) is 2.99. The number of halogens is 5. The van der Waals surface area contributed by atoms with E-state index in [4.69, 9.17) is 4.74 Å². The summed E-state index contributed by atoms with van der Waals surface area (Å²) in [4.78, 5) is 4.28. The smallest absolute Gasteiger partial charge is 0.419 e. The lowest BCUT2D eigenvalue weighted by molar-refractivity contribution is -0.140. The first-order chi connectivity index (χ1) is 13.5. The lowest BCUT2D eigenvalue weighted by atomic mass is 10.1. The van der Waals surface area contributed by atoms with Crippen LogP contribution in [0.15, 0.2) is 44.7 Å². The summed E-state index contributed by atoms with van der Waals surface area (Å²) in [6.07, 6.45) is -4.78. The Morgan fingerprint density at radius 2 is 1.97 bits per heavy atom. The van der Waals surface area contributed by atoms with Crippen LogP contribution < -0.4 is 10.1 Å². The van der Waals surface area contributed by atoms with Crippen molar-refractivity contribution in [3.05, 3.63) is 57.3 Å². The number of benzene rings is 2. The second-order valence-electron chi connectivity index (χ2n) is 7.22. The third kappa shape index (κ3) is 4.88. The Kier molecular flexibility index (Phi) is 6.19. The first-order valence-corrected chi connectivity index (χ1v) is 10.5. The summed E-state index contributed by atoms with van der Waals surface area (Å²) in [5.74, 6) is -0.0913. The van der Waals surface area contributed by atoms with Gasteiger partial charge >= 0.3 is 6.18 Å². The van der Waals surface area contributed by atoms with E-state index >= 15 is 0 Å². The van der Waals surface area contributed by atoms with Gasteiger partial charge in [0, 0.05) is 21.4 Å². The predicted molar refractivity (Wildman–Crippen MR) is 110 cm³/mol. The molecule has 0 unspecified atom stereocenters. The van der Waals surface area contributed by atoms with Crippen LogP contribution in [0.4, 0.5) is 17.6 Å². The number of thioether (sulfide) groups is 1. The van der Waals surface area contributed by atoms with Gasteiger partial charge in [0.1, 0.15) is 17.4 Å². The molecule has 0 bridgehead atoms. The highest BCUT2D eigenvalue weighted by molar-refractivity contribution is 9.10. The number of aliphatic imine (C=N–C) groups is 1. The lowest BCUT2D eigenvalue weighted by Gasteiger charge is -2.20. The molecule has 3 rings (SSSR count). The van der Waals surface area contributed by atoms with Crippen molar-refractivity contribution in [3.8, 4) is 5.75 Å². The molecule has 1 aliphatic rings. The second kappa shape index (κ2) is 8.18. The summed E-state index contributed by atoms with van der Waals surface area (Å²) in [6, 6.07) is 7.38. The molecule has 156 valence electrons. The van der Waals surface area contributed by atoms with E-state index in [0.29, 0.717) is 23.7 Å². The summed E-state index contributed by atoms with van der Waals surface area (Å²) in [6.45, 7) is 4.29. The van der Waals surface area contributed by atoms with Crippen LogP contribution in [-0.4, -0.2) is 25.0 Å². The van der Waals surface area contributed by atoms with Crippen LogP contribution in [0.3, 0.4) is 0 Å². The number of methoxy groups -OCH3 is 1. The van der Waals surface area contributed by atoms with E-state index in [9.17, 15) is 17.6 Å². The quantitative estimate of drug-likeness (QED) is 0.409. The van der Waals surface area contributed by atoms with Crippen molar-refractivity contribution in [3.63, 3.8) is 0 Å². The number of alkyl halides is 3. The van der Waals surface area contributed by atoms with Crippen LogP contribution in [0.1, 0.15) is 30.5 Å². The van der Waals surface area contributed by atoms with Crippen molar-refractivity contribution in [2.45, 2.75) is 36.2 Å². The molecule has 0 spiro atoms. The molecule has 0 aromatic heterocycles. The summed E-state index contributed by atoms with van der Waals surface area (Å²) in [7, 11) is 1.51. The largest absolute Gasteiger partial charge is 0.496 e. The van der Waals surface area contributed by atoms with Gasteiger partial charge in [0.2, 0.25) is 0 Å². The SMILES string of the molecule is COc1ccc(Br)cc1CSc1c(C2=NCC(C)(C)N2)ccc(C(F)(F)F)c1F. The molecule has 0 amide bonds. The normalized spacial score (nSPS) is 15.8. The van der Waals surface area contributed by atoms with Crippen molar-refractivity contribution >= 4 is 33.5 Å². The summed E-state index contributed by atoms with van der Waals surface area (Å²) in [5.41, 5.74) is -0.580. The monoisotopic (exact) mass is 490 g/mol. The zero-order valence-electron chi connectivity index (χ0n) is 16.0. The molecule has 3 nitrogen and oxygen atoms in total. The van der Waals surface area contributed by atoms with E-state index in [1.165, 1.54) is 13.2 Å². The molecule has 0 saturated heterocycles. The Hall–Kier alpha value is -1.74. The Labute approximate surface area is 179 Å². The van der Waals surface area contributed by atoms with Crippen LogP contribution in [0, 0.1) is 5.82 Å². The Bertz CT molecular complexity index is 960. The molecule has 1 aliphatic heterocycles. The van der Waals surface area contributed by atoms with Crippen LogP contribution in [-0.2, 0) is 11.9 Å². The molecule has 29 heavy (non-hydrogen) atoms. The number of rotatable bonds is 5. The fourth-order valence-corrected chi connectivity index (χ4v) is 4.43. The first-order valence-electron chi connectivity index (χ1n) is 8.70. The van der Waals surface area contributed by atoms with Crippen LogP contribution >= 0.6 is 27.7 Å². The Morgan fingerprint density at radius 3 is 2.55 bits per heavy atom. The van der Waals surface area contributed by atoms with Crippen molar-refractivity contribution in [2.24, 2.45) is 4.99 Å². The standard InChI is InChI=1S/C20H19BrF4N2OS/c1-19(2)10-26-18(27-19)13-5-6-14(20(23,24)25)16(22)17(13)29-9-11-8-12(21)4-7-15(11)28-3/h4-8H,9-10H2,1-3H3,(H,26,27). The highest BCUT2D eigenvalue weighted by atomic mass is 79.9. The van der Waals surface area contributed by atoms with E-state index < -0.39 is 17.6 Å². The fraction of sp³-hybridized carbons (Fsp3) is 0.350. The van der Waals surface area contributed by atoms with Gasteiger partial charge in [-0.05, 0) is 44.2 Å². The molecule has 9 heteroatoms. The van der Waals surface area contributed by atoms with E-state index in [2.05, 4.69) is 26.2 Å². The molecular formula is C20H19BrF4N2OS. The fourth-order valence-electron chi connectivity index (χ4n) is 2.94. The molecule has 2 aromatic rings. The maximum absolute atomic E-state index is 15.0.